The van der Waals surface area contributed by atoms with Gasteiger partial charge in [-0.15, -0.1) is 0 Å². The summed E-state index contributed by atoms with van der Waals surface area (Å²) in [6, 6.07) is 11.7. The van der Waals surface area contributed by atoms with Gasteiger partial charge >= 0.3 is 0 Å². The first-order valence-corrected chi connectivity index (χ1v) is 9.06. The van der Waals surface area contributed by atoms with Gasteiger partial charge < -0.3 is 9.55 Å². The molecule has 0 aliphatic carbocycles. The first-order chi connectivity index (χ1) is 14.5. The molecule has 3 aromatic heterocycles. The predicted molar refractivity (Wildman–Crippen MR) is 105 cm³/mol. The van der Waals surface area contributed by atoms with E-state index in [1.807, 2.05) is 0 Å². The Balaban J connectivity index is 1.65. The number of pyridine rings is 1. The van der Waals surface area contributed by atoms with Crippen LogP contribution >= 0.6 is 0 Å². The third-order valence-electron chi connectivity index (χ3n) is 4.97. The summed E-state index contributed by atoms with van der Waals surface area (Å²) in [7, 11) is 0. The Hall–Kier alpha value is -3.94. The topological polar surface area (TPSA) is 63.6 Å². The number of hydrogen-bond acceptors (Lipinski definition) is 3. The molecular formula is C22H13F3N4O. The van der Waals surface area contributed by atoms with Crippen LogP contribution in [0.2, 0.25) is 0 Å². The van der Waals surface area contributed by atoms with Gasteiger partial charge in [0, 0.05) is 23.3 Å². The van der Waals surface area contributed by atoms with E-state index >= 15 is 4.39 Å². The second kappa shape index (κ2) is 6.84. The summed E-state index contributed by atoms with van der Waals surface area (Å²) in [6.45, 7) is 0. The van der Waals surface area contributed by atoms with Crippen molar-refractivity contribution in [3.05, 3.63) is 95.7 Å². The molecule has 2 aromatic carbocycles. The average Bonchev–Trinajstić information content (AvgIpc) is 3.37. The van der Waals surface area contributed by atoms with Crippen LogP contribution in [0.5, 0.6) is 0 Å². The molecule has 148 valence electrons. The number of rotatable bonds is 4. The Labute approximate surface area is 167 Å². The van der Waals surface area contributed by atoms with Crippen LogP contribution in [0.4, 0.5) is 13.2 Å². The van der Waals surface area contributed by atoms with Gasteiger partial charge in [0.2, 0.25) is 12.1 Å². The molecule has 8 heteroatoms. The number of nitrogens with one attached hydrogen (secondary N) is 1. The molecule has 0 spiro atoms. The number of carbonyl (C=O) groups is 1. The predicted octanol–water partition coefficient (Wildman–Crippen LogP) is 4.94. The van der Waals surface area contributed by atoms with Crippen molar-refractivity contribution in [1.82, 2.24) is 19.5 Å². The molecule has 5 aromatic rings. The fourth-order valence-corrected chi connectivity index (χ4v) is 3.52. The zero-order valence-corrected chi connectivity index (χ0v) is 15.3. The number of carbonyl (C=O) groups excluding carboxylic acids is 1. The lowest BCUT2D eigenvalue weighted by molar-refractivity contribution is 0.103. The summed E-state index contributed by atoms with van der Waals surface area (Å²) < 4.78 is 44.2. The van der Waals surface area contributed by atoms with E-state index < -0.39 is 29.3 Å². The van der Waals surface area contributed by atoms with Crippen LogP contribution in [0.15, 0.2) is 67.1 Å². The van der Waals surface area contributed by atoms with Crippen molar-refractivity contribution < 1.29 is 18.0 Å². The minimum absolute atomic E-state index is 0.0771. The van der Waals surface area contributed by atoms with E-state index in [1.165, 1.54) is 24.5 Å². The number of aromatic nitrogens is 4. The molecule has 3 heterocycles. The van der Waals surface area contributed by atoms with Crippen LogP contribution in [0, 0.1) is 11.6 Å². The van der Waals surface area contributed by atoms with Crippen molar-refractivity contribution in [2.24, 2.45) is 0 Å². The van der Waals surface area contributed by atoms with Gasteiger partial charge in [-0.2, -0.15) is 0 Å². The highest BCUT2D eigenvalue weighted by molar-refractivity contribution is 6.15. The number of nitrogens with zero attached hydrogens (tertiary/aromatic N) is 3. The fourth-order valence-electron chi connectivity index (χ4n) is 3.52. The SMILES string of the molecule is O=C(c1nc2cnccc2[nH]1)c1cn(C(F)c2cccc(F)c2F)c2ccccc12. The highest BCUT2D eigenvalue weighted by atomic mass is 19.2. The van der Waals surface area contributed by atoms with Crippen molar-refractivity contribution in [1.29, 1.82) is 0 Å². The fraction of sp³-hybridized carbons (Fsp3) is 0.0455. The molecule has 0 fully saturated rings. The quantitative estimate of drug-likeness (QED) is 0.430. The summed E-state index contributed by atoms with van der Waals surface area (Å²) in [5.41, 5.74) is 1.27. The summed E-state index contributed by atoms with van der Waals surface area (Å²) in [5.74, 6) is -2.78. The van der Waals surface area contributed by atoms with Gasteiger partial charge in [-0.1, -0.05) is 30.3 Å². The van der Waals surface area contributed by atoms with Gasteiger partial charge in [0.15, 0.2) is 17.5 Å². The molecule has 0 amide bonds. The molecule has 5 rings (SSSR count). The molecule has 0 aliphatic heterocycles. The number of ketones is 1. The molecule has 5 nitrogen and oxygen atoms in total. The molecule has 30 heavy (non-hydrogen) atoms. The Morgan fingerprint density at radius 2 is 1.90 bits per heavy atom. The highest BCUT2D eigenvalue weighted by Crippen LogP contribution is 2.32. The number of H-pyrrole nitrogens is 1. The first kappa shape index (κ1) is 18.1. The summed E-state index contributed by atoms with van der Waals surface area (Å²) in [4.78, 5) is 24.3. The Morgan fingerprint density at radius 1 is 1.07 bits per heavy atom. The number of para-hydroxylation sites is 1. The molecule has 0 saturated heterocycles. The van der Waals surface area contributed by atoms with Gasteiger partial charge in [-0.25, -0.2) is 18.2 Å². The van der Waals surface area contributed by atoms with Gasteiger partial charge in [-0.05, 0) is 18.2 Å². The van der Waals surface area contributed by atoms with E-state index in [0.29, 0.717) is 21.9 Å². The molecule has 1 N–H and O–H groups in total. The van der Waals surface area contributed by atoms with Gasteiger partial charge in [0.05, 0.1) is 22.8 Å². The minimum Gasteiger partial charge on any atom is -0.335 e. The average molecular weight is 406 g/mol. The van der Waals surface area contributed by atoms with Crippen LogP contribution in [0.25, 0.3) is 21.9 Å². The Morgan fingerprint density at radius 3 is 2.73 bits per heavy atom. The van der Waals surface area contributed by atoms with Crippen molar-refractivity contribution in [3.63, 3.8) is 0 Å². The molecule has 0 bridgehead atoms. The van der Waals surface area contributed by atoms with Crippen LogP contribution in [-0.2, 0) is 0 Å². The Kier molecular flexibility index (Phi) is 4.13. The maximum Gasteiger partial charge on any atom is 0.230 e. The second-order valence-corrected chi connectivity index (χ2v) is 6.75. The lowest BCUT2D eigenvalue weighted by Gasteiger charge is -2.13. The monoisotopic (exact) mass is 406 g/mol. The molecule has 1 atom stereocenters. The van der Waals surface area contributed by atoms with Crippen molar-refractivity contribution in [2.75, 3.05) is 0 Å². The van der Waals surface area contributed by atoms with Crippen molar-refractivity contribution >= 4 is 27.7 Å². The van der Waals surface area contributed by atoms with Crippen LogP contribution < -0.4 is 0 Å². The highest BCUT2D eigenvalue weighted by Gasteiger charge is 2.25. The van der Waals surface area contributed by atoms with E-state index in [2.05, 4.69) is 15.0 Å². The number of fused-ring (bicyclic) bond motifs is 2. The van der Waals surface area contributed by atoms with Crippen LogP contribution in [-0.4, -0.2) is 25.3 Å². The number of hydrogen-bond donors (Lipinski definition) is 1. The number of halogens is 3. The first-order valence-electron chi connectivity index (χ1n) is 9.06. The Bertz CT molecular complexity index is 1390. The molecule has 0 saturated carbocycles. The van der Waals surface area contributed by atoms with Crippen molar-refractivity contribution in [3.8, 4) is 0 Å². The number of alkyl halides is 1. The maximum atomic E-state index is 15.3. The van der Waals surface area contributed by atoms with E-state index in [-0.39, 0.29) is 11.4 Å². The third kappa shape index (κ3) is 2.76. The minimum atomic E-state index is -2.02. The molecule has 1 unspecified atom stereocenters. The molecular weight excluding hydrogens is 393 g/mol. The molecule has 0 aliphatic rings. The standard InChI is InChI=1S/C22H13F3N4O/c23-15-6-3-5-13(19(15)24)21(25)29-11-14(12-4-1-2-7-18(12)29)20(30)22-27-16-8-9-26-10-17(16)28-22/h1-11,21H,(H,27,28). The molecule has 0 radical (unpaired) electrons. The maximum absolute atomic E-state index is 15.3. The van der Waals surface area contributed by atoms with E-state index in [4.69, 9.17) is 0 Å². The summed E-state index contributed by atoms with van der Waals surface area (Å²) in [5, 5.41) is 0.473. The van der Waals surface area contributed by atoms with Crippen LogP contribution in [0.3, 0.4) is 0 Å². The smallest absolute Gasteiger partial charge is 0.230 e. The number of imidazole rings is 1. The van der Waals surface area contributed by atoms with E-state index in [0.717, 1.165) is 10.6 Å². The second-order valence-electron chi connectivity index (χ2n) is 6.75. The van der Waals surface area contributed by atoms with Gasteiger partial charge in [0.1, 0.15) is 5.52 Å². The van der Waals surface area contributed by atoms with E-state index in [1.54, 1.807) is 36.5 Å². The lowest BCUT2D eigenvalue weighted by atomic mass is 10.1. The normalized spacial score (nSPS) is 12.5. The number of aromatic amines is 1. The third-order valence-corrected chi connectivity index (χ3v) is 4.97. The summed E-state index contributed by atoms with van der Waals surface area (Å²) in [6.07, 6.45) is 2.37. The van der Waals surface area contributed by atoms with Crippen molar-refractivity contribution in [2.45, 2.75) is 6.30 Å². The summed E-state index contributed by atoms with van der Waals surface area (Å²) >= 11 is 0. The largest absolute Gasteiger partial charge is 0.335 e. The van der Waals surface area contributed by atoms with Crippen LogP contribution in [0.1, 0.15) is 28.0 Å². The zero-order valence-electron chi connectivity index (χ0n) is 15.3. The van der Waals surface area contributed by atoms with Gasteiger partial charge in [0.25, 0.3) is 0 Å². The van der Waals surface area contributed by atoms with Gasteiger partial charge in [-0.3, -0.25) is 9.78 Å². The zero-order chi connectivity index (χ0) is 20.8. The number of benzene rings is 2. The van der Waals surface area contributed by atoms with E-state index in [9.17, 15) is 13.6 Å². The lowest BCUT2D eigenvalue weighted by Crippen LogP contribution is -2.08.